The van der Waals surface area contributed by atoms with Crippen LogP contribution in [0.1, 0.15) is 6.42 Å². The van der Waals surface area contributed by atoms with Crippen LogP contribution in [-0.2, 0) is 23.9 Å². The Morgan fingerprint density at radius 2 is 1.75 bits per heavy atom. The third kappa shape index (κ3) is 5.98. The van der Waals surface area contributed by atoms with Crippen LogP contribution in [0.25, 0.3) is 0 Å². The Hall–Kier alpha value is -1.67. The van der Waals surface area contributed by atoms with Crippen molar-refractivity contribution in [2.24, 2.45) is 0 Å². The number of esters is 1. The van der Waals surface area contributed by atoms with Crippen molar-refractivity contribution in [1.82, 2.24) is 9.80 Å². The van der Waals surface area contributed by atoms with Gasteiger partial charge in [-0.05, 0) is 0 Å². The van der Waals surface area contributed by atoms with Crippen LogP contribution in [-0.4, -0.2) is 85.8 Å². The van der Waals surface area contributed by atoms with Crippen molar-refractivity contribution in [2.75, 3.05) is 53.0 Å². The number of nitrogens with zero attached hydrogens (tertiary/aromatic N) is 2. The topological polar surface area (TPSA) is 96.4 Å². The average molecular weight is 288 g/mol. The molecule has 0 radical (unpaired) electrons. The molecule has 114 valence electrons. The van der Waals surface area contributed by atoms with Crippen LogP contribution in [0.2, 0.25) is 0 Å². The first-order valence-corrected chi connectivity index (χ1v) is 6.39. The molecule has 1 amide bonds. The largest absolute Gasteiger partial charge is 0.480 e. The highest BCUT2D eigenvalue weighted by molar-refractivity contribution is 5.78. The van der Waals surface area contributed by atoms with Gasteiger partial charge in [-0.1, -0.05) is 0 Å². The Bertz CT molecular complexity index is 352. The molecular weight excluding hydrogens is 268 g/mol. The monoisotopic (exact) mass is 288 g/mol. The number of amides is 1. The number of carbonyl (C=O) groups is 3. The van der Waals surface area contributed by atoms with E-state index >= 15 is 0 Å². The number of hydrogen-bond acceptors (Lipinski definition) is 6. The summed E-state index contributed by atoms with van der Waals surface area (Å²) in [4.78, 5) is 36.7. The second-order valence-corrected chi connectivity index (χ2v) is 4.44. The van der Waals surface area contributed by atoms with E-state index in [1.165, 1.54) is 7.11 Å². The second kappa shape index (κ2) is 8.49. The molecule has 0 atom stereocenters. The summed E-state index contributed by atoms with van der Waals surface area (Å²) >= 11 is 0. The smallest absolute Gasteiger partial charge is 0.329 e. The Morgan fingerprint density at radius 3 is 2.30 bits per heavy atom. The summed E-state index contributed by atoms with van der Waals surface area (Å²) in [6.07, 6.45) is 0.339. The molecule has 1 N–H and O–H groups in total. The van der Waals surface area contributed by atoms with Crippen molar-refractivity contribution in [3.8, 4) is 0 Å². The Morgan fingerprint density at radius 1 is 1.10 bits per heavy atom. The zero-order valence-electron chi connectivity index (χ0n) is 11.5. The van der Waals surface area contributed by atoms with E-state index in [9.17, 15) is 14.4 Å². The van der Waals surface area contributed by atoms with Gasteiger partial charge in [0, 0.05) is 32.7 Å². The molecule has 1 saturated heterocycles. The van der Waals surface area contributed by atoms with E-state index in [0.29, 0.717) is 39.1 Å². The normalized spacial score (nSPS) is 15.9. The lowest BCUT2D eigenvalue weighted by Crippen LogP contribution is -2.50. The van der Waals surface area contributed by atoms with Crippen molar-refractivity contribution in [1.29, 1.82) is 0 Å². The molecule has 1 aliphatic heterocycles. The number of rotatable bonds is 7. The van der Waals surface area contributed by atoms with Crippen molar-refractivity contribution in [3.63, 3.8) is 0 Å². The summed E-state index contributed by atoms with van der Waals surface area (Å²) in [7, 11) is 1.36. The second-order valence-electron chi connectivity index (χ2n) is 4.44. The molecule has 1 heterocycles. The fourth-order valence-corrected chi connectivity index (χ4v) is 1.89. The van der Waals surface area contributed by atoms with Gasteiger partial charge in [0.2, 0.25) is 5.91 Å². The number of piperazine rings is 1. The van der Waals surface area contributed by atoms with E-state index in [4.69, 9.17) is 9.84 Å². The van der Waals surface area contributed by atoms with E-state index in [2.05, 4.69) is 9.64 Å². The van der Waals surface area contributed by atoms with Gasteiger partial charge in [-0.15, -0.1) is 0 Å². The molecule has 8 heteroatoms. The van der Waals surface area contributed by atoms with Crippen molar-refractivity contribution in [2.45, 2.75) is 6.42 Å². The maximum absolute atomic E-state index is 11.7. The third-order valence-electron chi connectivity index (χ3n) is 3.04. The summed E-state index contributed by atoms with van der Waals surface area (Å²) in [5.41, 5.74) is 0. The number of methoxy groups -OCH3 is 1. The molecule has 0 aliphatic carbocycles. The van der Waals surface area contributed by atoms with Gasteiger partial charge < -0.3 is 19.5 Å². The SMILES string of the molecule is COC(=O)CCN1CCN(C(=O)COCC(=O)O)CC1. The standard InChI is InChI=1S/C12H20N2O6/c1-19-12(18)2-3-13-4-6-14(7-5-13)10(15)8-20-9-11(16)17/h2-9H2,1H3,(H,16,17). The molecular formula is C12H20N2O6. The highest BCUT2D eigenvalue weighted by Crippen LogP contribution is 2.03. The van der Waals surface area contributed by atoms with Gasteiger partial charge in [-0.3, -0.25) is 14.5 Å². The molecule has 0 bridgehead atoms. The summed E-state index contributed by atoms with van der Waals surface area (Å²) in [6.45, 7) is 2.40. The summed E-state index contributed by atoms with van der Waals surface area (Å²) in [5.74, 6) is -1.55. The van der Waals surface area contributed by atoms with Crippen LogP contribution in [0.15, 0.2) is 0 Å². The number of carboxylic acid groups (broad SMARTS) is 1. The molecule has 0 aromatic heterocycles. The zero-order valence-corrected chi connectivity index (χ0v) is 11.5. The molecule has 0 aromatic carbocycles. The average Bonchev–Trinajstić information content (AvgIpc) is 2.44. The summed E-state index contributed by atoms with van der Waals surface area (Å²) in [5, 5.41) is 8.40. The minimum absolute atomic E-state index is 0.209. The van der Waals surface area contributed by atoms with Crippen molar-refractivity contribution >= 4 is 17.8 Å². The molecule has 0 aromatic rings. The van der Waals surface area contributed by atoms with Crippen LogP contribution in [0.3, 0.4) is 0 Å². The van der Waals surface area contributed by atoms with Crippen molar-refractivity contribution < 1.29 is 29.0 Å². The van der Waals surface area contributed by atoms with Crippen LogP contribution < -0.4 is 0 Å². The first-order chi connectivity index (χ1) is 9.52. The maximum Gasteiger partial charge on any atom is 0.329 e. The zero-order chi connectivity index (χ0) is 15.0. The predicted octanol–water partition coefficient (Wildman–Crippen LogP) is -1.21. The van der Waals surface area contributed by atoms with E-state index in [-0.39, 0.29) is 18.5 Å². The number of carboxylic acids is 1. The quantitative estimate of drug-likeness (QED) is 0.587. The Balaban J connectivity index is 2.19. The fourth-order valence-electron chi connectivity index (χ4n) is 1.89. The molecule has 1 aliphatic rings. The van der Waals surface area contributed by atoms with Crippen LogP contribution in [0.4, 0.5) is 0 Å². The van der Waals surface area contributed by atoms with Gasteiger partial charge in [0.15, 0.2) is 0 Å². The molecule has 8 nitrogen and oxygen atoms in total. The van der Waals surface area contributed by atoms with Crippen LogP contribution in [0, 0.1) is 0 Å². The molecule has 0 spiro atoms. The fraction of sp³-hybridized carbons (Fsp3) is 0.750. The minimum atomic E-state index is -1.09. The number of ether oxygens (including phenoxy) is 2. The first-order valence-electron chi connectivity index (χ1n) is 6.39. The predicted molar refractivity (Wildman–Crippen MR) is 68.1 cm³/mol. The van der Waals surface area contributed by atoms with Crippen molar-refractivity contribution in [3.05, 3.63) is 0 Å². The lowest BCUT2D eigenvalue weighted by molar-refractivity contribution is -0.147. The molecule has 20 heavy (non-hydrogen) atoms. The number of hydrogen-bond donors (Lipinski definition) is 1. The highest BCUT2D eigenvalue weighted by atomic mass is 16.5. The number of aliphatic carboxylic acids is 1. The lowest BCUT2D eigenvalue weighted by Gasteiger charge is -2.34. The molecule has 1 rings (SSSR count). The van der Waals surface area contributed by atoms with E-state index in [0.717, 1.165) is 0 Å². The van der Waals surface area contributed by atoms with Gasteiger partial charge in [0.05, 0.1) is 13.5 Å². The first kappa shape index (κ1) is 16.4. The van der Waals surface area contributed by atoms with Crippen LogP contribution >= 0.6 is 0 Å². The van der Waals surface area contributed by atoms with E-state index < -0.39 is 12.6 Å². The minimum Gasteiger partial charge on any atom is -0.480 e. The van der Waals surface area contributed by atoms with Gasteiger partial charge >= 0.3 is 11.9 Å². The van der Waals surface area contributed by atoms with Gasteiger partial charge in [0.25, 0.3) is 0 Å². The van der Waals surface area contributed by atoms with Crippen LogP contribution in [0.5, 0.6) is 0 Å². The van der Waals surface area contributed by atoms with E-state index in [1.807, 2.05) is 0 Å². The van der Waals surface area contributed by atoms with Gasteiger partial charge in [-0.2, -0.15) is 0 Å². The Kier molecular flexibility index (Phi) is 6.96. The molecule has 0 saturated carbocycles. The van der Waals surface area contributed by atoms with Gasteiger partial charge in [-0.25, -0.2) is 4.79 Å². The summed E-state index contributed by atoms with van der Waals surface area (Å²) in [6, 6.07) is 0. The van der Waals surface area contributed by atoms with Gasteiger partial charge in [0.1, 0.15) is 13.2 Å². The summed E-state index contributed by atoms with van der Waals surface area (Å²) < 4.78 is 9.33. The third-order valence-corrected chi connectivity index (χ3v) is 3.04. The lowest BCUT2D eigenvalue weighted by atomic mass is 10.3. The molecule has 0 unspecified atom stereocenters. The highest BCUT2D eigenvalue weighted by Gasteiger charge is 2.21. The van der Waals surface area contributed by atoms with E-state index in [1.54, 1.807) is 4.90 Å². The Labute approximate surface area is 117 Å². The molecule has 1 fully saturated rings. The number of carbonyl (C=O) groups excluding carboxylic acids is 2. The maximum atomic E-state index is 11.7.